The van der Waals surface area contributed by atoms with E-state index in [1.807, 2.05) is 18.2 Å². The van der Waals surface area contributed by atoms with E-state index in [9.17, 15) is 13.2 Å². The van der Waals surface area contributed by atoms with E-state index in [2.05, 4.69) is 20.2 Å². The summed E-state index contributed by atoms with van der Waals surface area (Å²) in [5, 5.41) is 13.2. The van der Waals surface area contributed by atoms with Crippen LogP contribution in [0.4, 0.5) is 5.95 Å². The maximum Gasteiger partial charge on any atom is 0.249 e. The second kappa shape index (κ2) is 9.47. The molecule has 13 heteroatoms. The molecule has 12 nitrogen and oxygen atoms in total. The Labute approximate surface area is 213 Å². The van der Waals surface area contributed by atoms with E-state index in [1.165, 1.54) is 15.2 Å². The summed E-state index contributed by atoms with van der Waals surface area (Å²) in [7, 11) is -3.21. The first-order valence-electron chi connectivity index (χ1n) is 12.4. The molecule has 194 valence electrons. The fourth-order valence-corrected chi connectivity index (χ4v) is 6.02. The molecule has 0 spiro atoms. The zero-order valence-electron chi connectivity index (χ0n) is 20.5. The number of nitrogens with one attached hydrogen (secondary N) is 1. The van der Waals surface area contributed by atoms with Gasteiger partial charge in [0.25, 0.3) is 0 Å². The number of morpholine rings is 1. The molecule has 1 N–H and O–H groups in total. The fraction of sp³-hybridized carbons (Fsp3) is 0.458. The predicted octanol–water partition coefficient (Wildman–Crippen LogP) is 1.91. The molecule has 2 saturated heterocycles. The highest BCUT2D eigenvalue weighted by Crippen LogP contribution is 2.33. The number of aromatic nitrogens is 6. The van der Waals surface area contributed by atoms with Crippen molar-refractivity contribution in [3.63, 3.8) is 0 Å². The van der Waals surface area contributed by atoms with Gasteiger partial charge >= 0.3 is 0 Å². The van der Waals surface area contributed by atoms with E-state index in [1.54, 1.807) is 12.4 Å². The molecule has 6 rings (SSSR count). The fourth-order valence-electron chi connectivity index (χ4n) is 5.14. The molecule has 4 aromatic rings. The summed E-state index contributed by atoms with van der Waals surface area (Å²) in [5.74, 6) is 0.457. The summed E-state index contributed by atoms with van der Waals surface area (Å²) in [5.41, 5.74) is 2.93. The number of H-pyrrole nitrogens is 1. The number of fused-ring (bicyclic) bond motifs is 2. The molecule has 1 aromatic carbocycles. The Bertz CT molecular complexity index is 1570. The Morgan fingerprint density at radius 2 is 1.86 bits per heavy atom. The second-order valence-electron chi connectivity index (χ2n) is 9.61. The Balaban J connectivity index is 1.37. The lowest BCUT2D eigenvalue weighted by molar-refractivity contribution is 0.0852. The lowest BCUT2D eigenvalue weighted by atomic mass is 9.94. The first-order valence-corrected chi connectivity index (χ1v) is 14.2. The number of hydrogen-bond acceptors (Lipinski definition) is 9. The summed E-state index contributed by atoms with van der Waals surface area (Å²) in [6.45, 7) is 3.33. The molecular weight excluding hydrogens is 496 g/mol. The molecule has 37 heavy (non-hydrogen) atoms. The minimum atomic E-state index is -3.21. The molecule has 0 unspecified atom stereocenters. The van der Waals surface area contributed by atoms with Gasteiger partial charge in [-0.25, -0.2) is 17.7 Å². The van der Waals surface area contributed by atoms with E-state index < -0.39 is 10.0 Å². The number of aromatic amines is 1. The molecule has 5 heterocycles. The van der Waals surface area contributed by atoms with Gasteiger partial charge in [-0.2, -0.15) is 19.9 Å². The maximum absolute atomic E-state index is 13.4. The number of sulfonamides is 1. The molecule has 2 aliphatic heterocycles. The van der Waals surface area contributed by atoms with Gasteiger partial charge in [-0.05, 0) is 24.8 Å². The third kappa shape index (κ3) is 4.58. The van der Waals surface area contributed by atoms with Gasteiger partial charge in [-0.1, -0.05) is 12.1 Å². The quantitative estimate of drug-likeness (QED) is 0.415. The van der Waals surface area contributed by atoms with Crippen molar-refractivity contribution in [2.45, 2.75) is 19.3 Å². The van der Waals surface area contributed by atoms with Crippen LogP contribution in [0.5, 0.6) is 0 Å². The van der Waals surface area contributed by atoms with Crippen LogP contribution in [0.2, 0.25) is 0 Å². The summed E-state index contributed by atoms with van der Waals surface area (Å²) in [6, 6.07) is 5.88. The van der Waals surface area contributed by atoms with Crippen molar-refractivity contribution >= 4 is 43.8 Å². The smallest absolute Gasteiger partial charge is 0.249 e. The molecule has 2 aliphatic rings. The SMILES string of the molecule is CS(=O)(=O)N1CCC(CC(=O)n2ncc3c(-c4cccc5[nH]ncc45)nc(N4CCOCC4)nc32)CC1. The van der Waals surface area contributed by atoms with E-state index in [-0.39, 0.29) is 18.2 Å². The minimum absolute atomic E-state index is 0.0875. The first-order chi connectivity index (χ1) is 17.9. The average Bonchev–Trinajstić information content (AvgIpc) is 3.56. The van der Waals surface area contributed by atoms with Gasteiger partial charge in [0.2, 0.25) is 21.9 Å². The normalized spacial score (nSPS) is 18.1. The molecular formula is C24H28N8O4S. The van der Waals surface area contributed by atoms with Crippen LogP contribution in [0.1, 0.15) is 24.1 Å². The van der Waals surface area contributed by atoms with Crippen molar-refractivity contribution in [2.24, 2.45) is 5.92 Å². The minimum Gasteiger partial charge on any atom is -0.378 e. The third-order valence-corrected chi connectivity index (χ3v) is 8.50. The Morgan fingerprint density at radius 1 is 1.08 bits per heavy atom. The van der Waals surface area contributed by atoms with Gasteiger partial charge in [-0.3, -0.25) is 9.89 Å². The maximum atomic E-state index is 13.4. The average molecular weight is 525 g/mol. The monoisotopic (exact) mass is 524 g/mol. The van der Waals surface area contributed by atoms with Gasteiger partial charge < -0.3 is 9.64 Å². The number of nitrogens with zero attached hydrogens (tertiary/aromatic N) is 7. The topological polar surface area (TPSA) is 139 Å². The zero-order chi connectivity index (χ0) is 25.6. The largest absolute Gasteiger partial charge is 0.378 e. The molecule has 0 radical (unpaired) electrons. The van der Waals surface area contributed by atoms with Crippen molar-refractivity contribution in [1.82, 2.24) is 34.3 Å². The molecule has 0 atom stereocenters. The molecule has 0 amide bonds. The van der Waals surface area contributed by atoms with Crippen molar-refractivity contribution in [3.8, 4) is 11.3 Å². The summed E-state index contributed by atoms with van der Waals surface area (Å²) in [4.78, 5) is 25.2. The Hall–Kier alpha value is -3.42. The molecule has 0 saturated carbocycles. The van der Waals surface area contributed by atoms with E-state index >= 15 is 0 Å². The van der Waals surface area contributed by atoms with Crippen LogP contribution < -0.4 is 4.90 Å². The van der Waals surface area contributed by atoms with E-state index in [0.29, 0.717) is 74.9 Å². The van der Waals surface area contributed by atoms with Crippen molar-refractivity contribution < 1.29 is 17.9 Å². The standard InChI is InChI=1S/C24H28N8O4S/c1-37(34,35)31-7-5-16(6-8-31)13-21(33)32-23-19(15-26-32)22(17-3-2-4-20-18(17)14-25-29-20)27-24(28-23)30-9-11-36-12-10-30/h2-4,14-16H,5-13H2,1H3,(H,25,29). The van der Waals surface area contributed by atoms with Crippen molar-refractivity contribution in [1.29, 1.82) is 0 Å². The number of anilines is 1. The second-order valence-corrected chi connectivity index (χ2v) is 11.6. The van der Waals surface area contributed by atoms with Crippen LogP contribution >= 0.6 is 0 Å². The molecule has 3 aromatic heterocycles. The number of piperidine rings is 1. The number of carbonyl (C=O) groups is 1. The highest BCUT2D eigenvalue weighted by molar-refractivity contribution is 7.88. The third-order valence-electron chi connectivity index (χ3n) is 7.19. The van der Waals surface area contributed by atoms with Crippen molar-refractivity contribution in [3.05, 3.63) is 30.6 Å². The van der Waals surface area contributed by atoms with Gasteiger partial charge in [0, 0.05) is 43.5 Å². The molecule has 2 fully saturated rings. The van der Waals surface area contributed by atoms with Gasteiger partial charge in [0.15, 0.2) is 5.65 Å². The van der Waals surface area contributed by atoms with Crippen LogP contribution in [-0.4, -0.2) is 94.2 Å². The lowest BCUT2D eigenvalue weighted by Crippen LogP contribution is -2.38. The van der Waals surface area contributed by atoms with Crippen LogP contribution in [0, 0.1) is 5.92 Å². The van der Waals surface area contributed by atoms with Crippen molar-refractivity contribution in [2.75, 3.05) is 50.5 Å². The number of carbonyl (C=O) groups excluding carboxylic acids is 1. The molecule has 0 bridgehead atoms. The van der Waals surface area contributed by atoms with Gasteiger partial charge in [-0.15, -0.1) is 0 Å². The Kier molecular flexibility index (Phi) is 6.13. The van der Waals surface area contributed by atoms with E-state index in [0.717, 1.165) is 16.5 Å². The number of ether oxygens (including phenoxy) is 1. The summed E-state index contributed by atoms with van der Waals surface area (Å²) >= 11 is 0. The number of hydrogen-bond donors (Lipinski definition) is 1. The van der Waals surface area contributed by atoms with Crippen LogP contribution in [0.25, 0.3) is 33.2 Å². The van der Waals surface area contributed by atoms with E-state index in [4.69, 9.17) is 14.7 Å². The van der Waals surface area contributed by atoms with Gasteiger partial charge in [0.05, 0.1) is 48.5 Å². The van der Waals surface area contributed by atoms with Gasteiger partial charge in [0.1, 0.15) is 0 Å². The lowest BCUT2D eigenvalue weighted by Gasteiger charge is -2.29. The summed E-state index contributed by atoms with van der Waals surface area (Å²) in [6.07, 6.45) is 6.20. The summed E-state index contributed by atoms with van der Waals surface area (Å²) < 4.78 is 32.0. The van der Waals surface area contributed by atoms with Crippen LogP contribution in [0.3, 0.4) is 0 Å². The predicted molar refractivity (Wildman–Crippen MR) is 138 cm³/mol. The first kappa shape index (κ1) is 23.9. The zero-order valence-corrected chi connectivity index (χ0v) is 21.3. The number of benzene rings is 1. The highest BCUT2D eigenvalue weighted by atomic mass is 32.2. The van der Waals surface area contributed by atoms with Crippen LogP contribution in [0.15, 0.2) is 30.6 Å². The molecule has 0 aliphatic carbocycles. The van der Waals surface area contributed by atoms with Crippen LogP contribution in [-0.2, 0) is 14.8 Å². The number of rotatable bonds is 5. The Morgan fingerprint density at radius 3 is 2.62 bits per heavy atom. The highest BCUT2D eigenvalue weighted by Gasteiger charge is 2.28.